The van der Waals surface area contributed by atoms with Crippen LogP contribution in [0.3, 0.4) is 0 Å². The number of hydrogen-bond donors (Lipinski definition) is 4. The Hall–Kier alpha value is -4.48. The molecule has 190 valence electrons. The van der Waals surface area contributed by atoms with Gasteiger partial charge in [0.05, 0.1) is 17.9 Å². The SMILES string of the molecule is CCC1C(C(=O)C(N)=O)c2c(ccnc2OCC(=O)NC(CC(=O)O)C(=O)O)N1Cc1ccccc1. The lowest BCUT2D eigenvalue weighted by Gasteiger charge is -2.29. The number of aromatic nitrogens is 1. The highest BCUT2D eigenvalue weighted by Crippen LogP contribution is 2.47. The van der Waals surface area contributed by atoms with Gasteiger partial charge >= 0.3 is 11.9 Å². The summed E-state index contributed by atoms with van der Waals surface area (Å²) in [5, 5.41) is 20.0. The average Bonchev–Trinajstić information content (AvgIpc) is 3.15. The lowest BCUT2D eigenvalue weighted by atomic mass is 9.89. The van der Waals surface area contributed by atoms with E-state index >= 15 is 0 Å². The molecule has 36 heavy (non-hydrogen) atoms. The minimum absolute atomic E-state index is 0.0821. The number of anilines is 1. The number of nitrogens with one attached hydrogen (secondary N) is 1. The van der Waals surface area contributed by atoms with Gasteiger partial charge in [-0.15, -0.1) is 0 Å². The third-order valence-corrected chi connectivity index (χ3v) is 5.83. The van der Waals surface area contributed by atoms with Crippen molar-refractivity contribution in [1.29, 1.82) is 0 Å². The normalized spacial score (nSPS) is 17.1. The van der Waals surface area contributed by atoms with E-state index in [1.807, 2.05) is 42.2 Å². The number of ether oxygens (including phenoxy) is 1. The number of carboxylic acids is 2. The fourth-order valence-corrected chi connectivity index (χ4v) is 4.30. The second-order valence-corrected chi connectivity index (χ2v) is 8.19. The Morgan fingerprint density at radius 3 is 2.42 bits per heavy atom. The molecule has 3 unspecified atom stereocenters. The van der Waals surface area contributed by atoms with Crippen molar-refractivity contribution in [3.8, 4) is 5.88 Å². The maximum Gasteiger partial charge on any atom is 0.326 e. The molecule has 5 N–H and O–H groups in total. The molecule has 0 saturated carbocycles. The molecule has 2 amide bonds. The molecule has 0 radical (unpaired) electrons. The third kappa shape index (κ3) is 5.77. The quantitative estimate of drug-likeness (QED) is 0.299. The largest absolute Gasteiger partial charge is 0.481 e. The number of benzene rings is 1. The zero-order chi connectivity index (χ0) is 26.4. The number of rotatable bonds is 12. The average molecular weight is 498 g/mol. The first-order valence-corrected chi connectivity index (χ1v) is 11.1. The number of fused-ring (bicyclic) bond motifs is 1. The summed E-state index contributed by atoms with van der Waals surface area (Å²) in [5.41, 5.74) is 7.20. The van der Waals surface area contributed by atoms with Gasteiger partial charge in [0.15, 0.2) is 6.61 Å². The lowest BCUT2D eigenvalue weighted by molar-refractivity contribution is -0.147. The van der Waals surface area contributed by atoms with E-state index in [2.05, 4.69) is 10.3 Å². The van der Waals surface area contributed by atoms with Crippen molar-refractivity contribution in [2.45, 2.75) is 44.3 Å². The van der Waals surface area contributed by atoms with Crippen molar-refractivity contribution in [3.63, 3.8) is 0 Å². The molecule has 0 spiro atoms. The standard InChI is InChI=1S/C24H26N4O8/c1-2-15-19(21(32)22(25)33)20-16(28(15)11-13-6-4-3-5-7-13)8-9-26-23(20)36-12-17(29)27-14(24(34)35)10-18(30)31/h3-9,14-15,19H,2,10-12H2,1H3,(H2,25,33)(H,27,29)(H,30,31)(H,34,35). The van der Waals surface area contributed by atoms with E-state index in [4.69, 9.17) is 20.7 Å². The van der Waals surface area contributed by atoms with Gasteiger partial charge in [-0.2, -0.15) is 0 Å². The maximum atomic E-state index is 12.9. The Labute approximate surface area is 206 Å². The minimum atomic E-state index is -1.65. The van der Waals surface area contributed by atoms with Crippen LogP contribution in [0.4, 0.5) is 5.69 Å². The van der Waals surface area contributed by atoms with Crippen molar-refractivity contribution < 1.29 is 38.9 Å². The molecule has 1 aliphatic rings. The summed E-state index contributed by atoms with van der Waals surface area (Å²) < 4.78 is 5.55. The molecular weight excluding hydrogens is 472 g/mol. The minimum Gasteiger partial charge on any atom is -0.481 e. The molecule has 0 bridgehead atoms. The van der Waals surface area contributed by atoms with Crippen LogP contribution in [0.25, 0.3) is 0 Å². The van der Waals surface area contributed by atoms with Gasteiger partial charge in [0, 0.05) is 24.5 Å². The first-order valence-electron chi connectivity index (χ1n) is 11.1. The van der Waals surface area contributed by atoms with Crippen LogP contribution in [-0.2, 0) is 30.5 Å². The van der Waals surface area contributed by atoms with Gasteiger partial charge < -0.3 is 30.9 Å². The number of nitrogens with zero attached hydrogens (tertiary/aromatic N) is 2. The number of carbonyl (C=O) groups is 5. The highest BCUT2D eigenvalue weighted by atomic mass is 16.5. The van der Waals surface area contributed by atoms with Gasteiger partial charge in [-0.25, -0.2) is 9.78 Å². The van der Waals surface area contributed by atoms with E-state index in [0.717, 1.165) is 5.56 Å². The van der Waals surface area contributed by atoms with Crippen molar-refractivity contribution in [2.24, 2.45) is 5.73 Å². The Bertz CT molecular complexity index is 1170. The predicted molar refractivity (Wildman–Crippen MR) is 125 cm³/mol. The zero-order valence-corrected chi connectivity index (χ0v) is 19.4. The summed E-state index contributed by atoms with van der Waals surface area (Å²) in [7, 11) is 0. The first-order chi connectivity index (χ1) is 17.1. The van der Waals surface area contributed by atoms with Crippen LogP contribution < -0.4 is 20.7 Å². The molecule has 0 saturated heterocycles. The fourth-order valence-electron chi connectivity index (χ4n) is 4.30. The number of hydrogen-bond acceptors (Lipinski definition) is 8. The van der Waals surface area contributed by atoms with Crippen LogP contribution in [0.1, 0.15) is 36.8 Å². The Balaban J connectivity index is 1.91. The van der Waals surface area contributed by atoms with Gasteiger partial charge in [0.1, 0.15) is 6.04 Å². The van der Waals surface area contributed by atoms with Crippen LogP contribution >= 0.6 is 0 Å². The van der Waals surface area contributed by atoms with Crippen LogP contribution in [0, 0.1) is 0 Å². The van der Waals surface area contributed by atoms with Crippen molar-refractivity contribution in [1.82, 2.24) is 10.3 Å². The van der Waals surface area contributed by atoms with Crippen LogP contribution in [0.15, 0.2) is 42.6 Å². The summed E-state index contributed by atoms with van der Waals surface area (Å²) in [5.74, 6) is -6.82. The summed E-state index contributed by atoms with van der Waals surface area (Å²) in [6.45, 7) is 1.60. The van der Waals surface area contributed by atoms with Crippen molar-refractivity contribution in [3.05, 3.63) is 53.7 Å². The van der Waals surface area contributed by atoms with E-state index in [9.17, 15) is 24.0 Å². The third-order valence-electron chi connectivity index (χ3n) is 5.83. The molecular formula is C24H26N4O8. The molecule has 3 atom stereocenters. The molecule has 0 fully saturated rings. The van der Waals surface area contributed by atoms with Crippen LogP contribution in [-0.4, -0.2) is 63.4 Å². The lowest BCUT2D eigenvalue weighted by Crippen LogP contribution is -2.44. The summed E-state index contributed by atoms with van der Waals surface area (Å²) in [4.78, 5) is 65.3. The van der Waals surface area contributed by atoms with E-state index in [0.29, 0.717) is 24.2 Å². The number of aliphatic carboxylic acids is 2. The number of Topliss-reactive ketones (excluding diaryl/α,β-unsaturated/α-hetero) is 1. The zero-order valence-electron chi connectivity index (χ0n) is 19.4. The van der Waals surface area contributed by atoms with Gasteiger partial charge in [-0.1, -0.05) is 37.3 Å². The summed E-state index contributed by atoms with van der Waals surface area (Å²) in [6, 6.07) is 9.08. The smallest absolute Gasteiger partial charge is 0.326 e. The molecule has 1 aromatic carbocycles. The Kier molecular flexibility index (Phi) is 8.20. The van der Waals surface area contributed by atoms with Crippen LogP contribution in [0.5, 0.6) is 5.88 Å². The molecule has 12 heteroatoms. The second-order valence-electron chi connectivity index (χ2n) is 8.19. The van der Waals surface area contributed by atoms with Gasteiger partial charge in [0.25, 0.3) is 11.8 Å². The predicted octanol–water partition coefficient (Wildman–Crippen LogP) is 0.441. The molecule has 2 heterocycles. The monoisotopic (exact) mass is 498 g/mol. The molecule has 1 aliphatic heterocycles. The Morgan fingerprint density at radius 1 is 1.14 bits per heavy atom. The first kappa shape index (κ1) is 26.1. The fraction of sp³-hybridized carbons (Fsp3) is 0.333. The van der Waals surface area contributed by atoms with Crippen LogP contribution in [0.2, 0.25) is 0 Å². The number of carboxylic acid groups (broad SMARTS) is 2. The Morgan fingerprint density at radius 2 is 1.83 bits per heavy atom. The maximum absolute atomic E-state index is 12.9. The van der Waals surface area contributed by atoms with E-state index < -0.39 is 60.6 Å². The number of amides is 2. The number of carbonyl (C=O) groups excluding carboxylic acids is 3. The van der Waals surface area contributed by atoms with E-state index in [1.54, 1.807) is 6.07 Å². The van der Waals surface area contributed by atoms with E-state index in [1.165, 1.54) is 6.20 Å². The van der Waals surface area contributed by atoms with Gasteiger partial charge in [-0.3, -0.25) is 19.2 Å². The number of ketones is 1. The summed E-state index contributed by atoms with van der Waals surface area (Å²) in [6.07, 6.45) is 1.10. The van der Waals surface area contributed by atoms with Crippen molar-refractivity contribution >= 4 is 35.2 Å². The molecule has 0 aliphatic carbocycles. The highest BCUT2D eigenvalue weighted by Gasteiger charge is 2.45. The molecule has 3 rings (SSSR count). The topological polar surface area (TPSA) is 189 Å². The molecule has 12 nitrogen and oxygen atoms in total. The van der Waals surface area contributed by atoms with Gasteiger partial charge in [-0.05, 0) is 18.1 Å². The van der Waals surface area contributed by atoms with Crippen molar-refractivity contribution in [2.75, 3.05) is 11.5 Å². The number of primary amides is 1. The van der Waals surface area contributed by atoms with E-state index in [-0.39, 0.29) is 5.88 Å². The molecule has 2 aromatic rings. The summed E-state index contributed by atoms with van der Waals surface area (Å²) >= 11 is 0. The highest BCUT2D eigenvalue weighted by molar-refractivity contribution is 6.38. The van der Waals surface area contributed by atoms with Gasteiger partial charge in [0.2, 0.25) is 11.7 Å². The molecule has 1 aromatic heterocycles. The number of pyridine rings is 1. The number of nitrogens with two attached hydrogens (primary N) is 1. The second kappa shape index (κ2) is 11.3.